The number of nitro benzene ring substituents is 1. The molecule has 0 aliphatic heterocycles. The molecule has 0 spiro atoms. The summed E-state index contributed by atoms with van der Waals surface area (Å²) in [6, 6.07) is 7.23. The number of non-ortho nitro benzene ring substituents is 1. The van der Waals surface area contributed by atoms with Gasteiger partial charge in [-0.05, 0) is 18.6 Å². The molecule has 0 aliphatic rings. The minimum atomic E-state index is -0.556. The number of hydrogen-bond donors (Lipinski definition) is 2. The van der Waals surface area contributed by atoms with Gasteiger partial charge in [0, 0.05) is 30.6 Å². The van der Waals surface area contributed by atoms with E-state index in [9.17, 15) is 14.9 Å². The Morgan fingerprint density at radius 2 is 2.05 bits per heavy atom. The van der Waals surface area contributed by atoms with E-state index in [0.717, 1.165) is 19.3 Å². The highest BCUT2D eigenvalue weighted by atomic mass is 16.6. The van der Waals surface area contributed by atoms with Gasteiger partial charge in [-0.3, -0.25) is 14.9 Å². The molecule has 0 unspecified atom stereocenters. The first-order valence-electron chi connectivity index (χ1n) is 6.98. The van der Waals surface area contributed by atoms with Crippen LogP contribution < -0.4 is 10.6 Å². The molecule has 1 rings (SSSR count). The van der Waals surface area contributed by atoms with Crippen LogP contribution in [0, 0.1) is 21.4 Å². The molecule has 2 N–H and O–H groups in total. The number of benzene rings is 1. The summed E-state index contributed by atoms with van der Waals surface area (Å²) in [5, 5.41) is 25.0. The third-order valence-corrected chi connectivity index (χ3v) is 2.87. The topological polar surface area (TPSA) is 108 Å². The van der Waals surface area contributed by atoms with Gasteiger partial charge in [-0.15, -0.1) is 0 Å². The number of anilines is 1. The highest BCUT2D eigenvalue weighted by molar-refractivity contribution is 6.06. The lowest BCUT2D eigenvalue weighted by molar-refractivity contribution is -0.384. The van der Waals surface area contributed by atoms with Crippen LogP contribution in [0.25, 0.3) is 0 Å². The first-order valence-corrected chi connectivity index (χ1v) is 6.98. The van der Waals surface area contributed by atoms with Crippen molar-refractivity contribution in [1.29, 1.82) is 5.26 Å². The molecule has 7 heteroatoms. The second-order valence-corrected chi connectivity index (χ2v) is 4.59. The van der Waals surface area contributed by atoms with E-state index in [1.807, 2.05) is 6.07 Å². The summed E-state index contributed by atoms with van der Waals surface area (Å²) < 4.78 is 0. The number of hydrogen-bond acceptors (Lipinski definition) is 5. The molecule has 22 heavy (non-hydrogen) atoms. The highest BCUT2D eigenvalue weighted by Gasteiger charge is 2.10. The summed E-state index contributed by atoms with van der Waals surface area (Å²) in [5.74, 6) is -0.556. The average molecular weight is 302 g/mol. The largest absolute Gasteiger partial charge is 0.390 e. The van der Waals surface area contributed by atoms with Gasteiger partial charge < -0.3 is 10.6 Å². The molecule has 0 aromatic heterocycles. The van der Waals surface area contributed by atoms with Crippen molar-refractivity contribution in [2.45, 2.75) is 26.2 Å². The third kappa shape index (κ3) is 5.63. The number of nitrogens with one attached hydrogen (secondary N) is 2. The first kappa shape index (κ1) is 17.2. The van der Waals surface area contributed by atoms with Crippen LogP contribution in [0.5, 0.6) is 0 Å². The maximum absolute atomic E-state index is 11.9. The third-order valence-electron chi connectivity index (χ3n) is 2.87. The lowest BCUT2D eigenvalue weighted by Crippen LogP contribution is -2.17. The molecule has 1 aromatic rings. The van der Waals surface area contributed by atoms with Gasteiger partial charge >= 0.3 is 0 Å². The van der Waals surface area contributed by atoms with E-state index in [1.165, 1.54) is 30.5 Å². The van der Waals surface area contributed by atoms with Gasteiger partial charge in [0.05, 0.1) is 4.92 Å². The number of nitrogens with zero attached hydrogens (tertiary/aromatic N) is 2. The Hall–Kier alpha value is -2.88. The van der Waals surface area contributed by atoms with Crippen LogP contribution >= 0.6 is 0 Å². The van der Waals surface area contributed by atoms with E-state index < -0.39 is 10.8 Å². The van der Waals surface area contributed by atoms with Crippen molar-refractivity contribution in [3.8, 4) is 6.07 Å². The normalized spacial score (nSPS) is 10.6. The monoisotopic (exact) mass is 302 g/mol. The summed E-state index contributed by atoms with van der Waals surface area (Å²) in [5.41, 5.74) is 0.282. The number of carbonyl (C=O) groups is 1. The minimum Gasteiger partial charge on any atom is -0.390 e. The zero-order valence-electron chi connectivity index (χ0n) is 12.3. The lowest BCUT2D eigenvalue weighted by atomic mass is 10.2. The summed E-state index contributed by atoms with van der Waals surface area (Å²) in [7, 11) is 0. The maximum Gasteiger partial charge on any atom is 0.269 e. The zero-order chi connectivity index (χ0) is 16.4. The molecule has 0 aliphatic carbocycles. The Balaban J connectivity index is 2.59. The van der Waals surface area contributed by atoms with Crippen molar-refractivity contribution < 1.29 is 9.72 Å². The van der Waals surface area contributed by atoms with E-state index in [1.54, 1.807) is 0 Å². The second-order valence-electron chi connectivity index (χ2n) is 4.59. The Morgan fingerprint density at radius 3 is 2.59 bits per heavy atom. The smallest absolute Gasteiger partial charge is 0.269 e. The molecule has 0 saturated heterocycles. The van der Waals surface area contributed by atoms with Crippen molar-refractivity contribution in [2.75, 3.05) is 11.9 Å². The van der Waals surface area contributed by atoms with E-state index in [-0.39, 0.29) is 11.3 Å². The van der Waals surface area contributed by atoms with E-state index in [0.29, 0.717) is 12.2 Å². The standard InChI is InChI=1S/C15H18N4O3/c1-2-3-4-9-17-11-12(10-16)15(20)18-13-5-7-14(8-6-13)19(21)22/h5-8,11,17H,2-4,9H2,1H3,(H,18,20)/b12-11-. The summed E-state index contributed by atoms with van der Waals surface area (Å²) in [6.45, 7) is 2.79. The second kappa shape index (κ2) is 9.13. The van der Waals surface area contributed by atoms with Crippen molar-refractivity contribution in [1.82, 2.24) is 5.32 Å². The van der Waals surface area contributed by atoms with Crippen LogP contribution in [0.2, 0.25) is 0 Å². The molecule has 0 radical (unpaired) electrons. The maximum atomic E-state index is 11.9. The van der Waals surface area contributed by atoms with Crippen LogP contribution in [0.1, 0.15) is 26.2 Å². The highest BCUT2D eigenvalue weighted by Crippen LogP contribution is 2.15. The fraction of sp³-hybridized carbons (Fsp3) is 0.333. The van der Waals surface area contributed by atoms with Crippen LogP contribution in [0.15, 0.2) is 36.0 Å². The van der Waals surface area contributed by atoms with Crippen molar-refractivity contribution in [3.05, 3.63) is 46.2 Å². The van der Waals surface area contributed by atoms with Gasteiger partial charge in [0.1, 0.15) is 11.6 Å². The molecule has 1 aromatic carbocycles. The summed E-state index contributed by atoms with van der Waals surface area (Å²) in [6.07, 6.45) is 4.53. The quantitative estimate of drug-likeness (QED) is 0.252. The summed E-state index contributed by atoms with van der Waals surface area (Å²) >= 11 is 0. The molecule has 0 atom stereocenters. The van der Waals surface area contributed by atoms with Gasteiger partial charge in [0.15, 0.2) is 0 Å². The van der Waals surface area contributed by atoms with Crippen molar-refractivity contribution >= 4 is 17.3 Å². The van der Waals surface area contributed by atoms with Gasteiger partial charge in [0.2, 0.25) is 0 Å². The molecule has 116 valence electrons. The number of nitro groups is 1. The molecule has 0 fully saturated rings. The van der Waals surface area contributed by atoms with Gasteiger partial charge in [-0.2, -0.15) is 5.26 Å². The zero-order valence-corrected chi connectivity index (χ0v) is 12.3. The van der Waals surface area contributed by atoms with E-state index in [2.05, 4.69) is 17.6 Å². The van der Waals surface area contributed by atoms with E-state index in [4.69, 9.17) is 5.26 Å². The molecule has 0 heterocycles. The SMILES string of the molecule is CCCCCN/C=C(/C#N)C(=O)Nc1ccc([N+](=O)[O-])cc1. The molecule has 1 amide bonds. The first-order chi connectivity index (χ1) is 10.6. The molecular weight excluding hydrogens is 284 g/mol. The summed E-state index contributed by atoms with van der Waals surface area (Å²) in [4.78, 5) is 21.9. The fourth-order valence-corrected chi connectivity index (χ4v) is 1.66. The predicted octanol–water partition coefficient (Wildman–Crippen LogP) is 2.72. The number of amides is 1. The Bertz CT molecular complexity index is 588. The number of unbranched alkanes of at least 4 members (excludes halogenated alkanes) is 2. The Labute approximate surface area is 128 Å². The van der Waals surface area contributed by atoms with Crippen LogP contribution in [-0.4, -0.2) is 17.4 Å². The average Bonchev–Trinajstić information content (AvgIpc) is 2.51. The molecular formula is C15H18N4O3. The number of nitriles is 1. The fourth-order valence-electron chi connectivity index (χ4n) is 1.66. The van der Waals surface area contributed by atoms with E-state index >= 15 is 0 Å². The Kier molecular flexibility index (Phi) is 7.13. The molecule has 7 nitrogen and oxygen atoms in total. The van der Waals surface area contributed by atoms with Gasteiger partial charge in [-0.1, -0.05) is 19.8 Å². The lowest BCUT2D eigenvalue weighted by Gasteiger charge is -2.05. The van der Waals surface area contributed by atoms with Gasteiger partial charge in [-0.25, -0.2) is 0 Å². The van der Waals surface area contributed by atoms with Gasteiger partial charge in [0.25, 0.3) is 11.6 Å². The predicted molar refractivity (Wildman–Crippen MR) is 82.9 cm³/mol. The van der Waals surface area contributed by atoms with Crippen molar-refractivity contribution in [3.63, 3.8) is 0 Å². The van der Waals surface area contributed by atoms with Crippen LogP contribution in [0.3, 0.4) is 0 Å². The Morgan fingerprint density at radius 1 is 1.36 bits per heavy atom. The van der Waals surface area contributed by atoms with Crippen LogP contribution in [-0.2, 0) is 4.79 Å². The molecule has 0 saturated carbocycles. The molecule has 0 bridgehead atoms. The number of rotatable bonds is 8. The minimum absolute atomic E-state index is 0.0464. The van der Waals surface area contributed by atoms with Crippen LogP contribution in [0.4, 0.5) is 11.4 Å². The van der Waals surface area contributed by atoms with Crippen molar-refractivity contribution in [2.24, 2.45) is 0 Å². The number of carbonyl (C=O) groups excluding carboxylic acids is 1.